The summed E-state index contributed by atoms with van der Waals surface area (Å²) in [6, 6.07) is 5.17. The zero-order valence-corrected chi connectivity index (χ0v) is 18.9. The standard InChI is InChI=1S/C21H32N4O5S/c1-12(2)9-16(19(27)23-13(3)21(29)30)25-20(28)17(24-18(26)15(22)11-31)10-14-7-5-4-6-8-14/h4-8,12-13,15-17,31H,9-11,22H2,1-3H3,(H,23,27)(H,24,26)(H,25,28)(H,29,30). The molecule has 0 saturated heterocycles. The molecule has 0 saturated carbocycles. The topological polar surface area (TPSA) is 151 Å². The summed E-state index contributed by atoms with van der Waals surface area (Å²) < 4.78 is 0. The molecule has 172 valence electrons. The Balaban J connectivity index is 3.02. The van der Waals surface area contributed by atoms with Gasteiger partial charge >= 0.3 is 5.97 Å². The van der Waals surface area contributed by atoms with Gasteiger partial charge in [0.1, 0.15) is 18.1 Å². The highest BCUT2D eigenvalue weighted by atomic mass is 32.1. The fourth-order valence-electron chi connectivity index (χ4n) is 2.77. The first-order chi connectivity index (χ1) is 14.5. The summed E-state index contributed by atoms with van der Waals surface area (Å²) in [5.41, 5.74) is 6.53. The lowest BCUT2D eigenvalue weighted by Crippen LogP contribution is -2.57. The molecule has 0 bridgehead atoms. The number of hydrogen-bond acceptors (Lipinski definition) is 6. The van der Waals surface area contributed by atoms with E-state index in [4.69, 9.17) is 10.8 Å². The third kappa shape index (κ3) is 9.39. The highest BCUT2D eigenvalue weighted by Crippen LogP contribution is 2.08. The molecule has 6 N–H and O–H groups in total. The average Bonchev–Trinajstić information content (AvgIpc) is 2.72. The van der Waals surface area contributed by atoms with Gasteiger partial charge in [0, 0.05) is 12.2 Å². The molecule has 0 radical (unpaired) electrons. The number of carbonyl (C=O) groups excluding carboxylic acids is 3. The van der Waals surface area contributed by atoms with E-state index in [9.17, 15) is 19.2 Å². The number of thiol groups is 1. The van der Waals surface area contributed by atoms with Crippen LogP contribution in [0.2, 0.25) is 0 Å². The number of rotatable bonds is 12. The largest absolute Gasteiger partial charge is 0.480 e. The van der Waals surface area contributed by atoms with Crippen molar-refractivity contribution in [3.8, 4) is 0 Å². The molecule has 9 nitrogen and oxygen atoms in total. The highest BCUT2D eigenvalue weighted by Gasteiger charge is 2.29. The van der Waals surface area contributed by atoms with Gasteiger partial charge < -0.3 is 26.8 Å². The molecule has 0 fully saturated rings. The summed E-state index contributed by atoms with van der Waals surface area (Å²) >= 11 is 4.01. The van der Waals surface area contributed by atoms with Crippen LogP contribution in [0.15, 0.2) is 30.3 Å². The van der Waals surface area contributed by atoms with Crippen LogP contribution in [0.3, 0.4) is 0 Å². The van der Waals surface area contributed by atoms with Crippen molar-refractivity contribution in [3.63, 3.8) is 0 Å². The third-order valence-electron chi connectivity index (χ3n) is 4.52. The Morgan fingerprint density at radius 3 is 2.00 bits per heavy atom. The van der Waals surface area contributed by atoms with Crippen LogP contribution >= 0.6 is 12.6 Å². The minimum atomic E-state index is -1.18. The minimum absolute atomic E-state index is 0.0518. The molecule has 1 rings (SSSR count). The van der Waals surface area contributed by atoms with E-state index in [0.717, 1.165) is 5.56 Å². The summed E-state index contributed by atoms with van der Waals surface area (Å²) in [7, 11) is 0. The summed E-state index contributed by atoms with van der Waals surface area (Å²) in [6.07, 6.45) is 0.491. The van der Waals surface area contributed by atoms with Crippen molar-refractivity contribution in [1.82, 2.24) is 16.0 Å². The Bertz CT molecular complexity index is 759. The smallest absolute Gasteiger partial charge is 0.325 e. The van der Waals surface area contributed by atoms with Gasteiger partial charge in [0.05, 0.1) is 6.04 Å². The number of carbonyl (C=O) groups is 4. The number of nitrogens with one attached hydrogen (secondary N) is 3. The van der Waals surface area contributed by atoms with Crippen LogP contribution in [0, 0.1) is 5.92 Å². The number of hydrogen-bond donors (Lipinski definition) is 6. The van der Waals surface area contributed by atoms with Gasteiger partial charge in [-0.1, -0.05) is 44.2 Å². The number of nitrogens with two attached hydrogens (primary N) is 1. The quantitative estimate of drug-likeness (QED) is 0.247. The van der Waals surface area contributed by atoms with Crippen molar-refractivity contribution in [2.45, 2.75) is 57.8 Å². The van der Waals surface area contributed by atoms with Crippen LogP contribution in [0.4, 0.5) is 0 Å². The molecule has 0 heterocycles. The lowest BCUT2D eigenvalue weighted by Gasteiger charge is -2.25. The molecule has 31 heavy (non-hydrogen) atoms. The maximum absolute atomic E-state index is 13.0. The maximum atomic E-state index is 13.0. The molecule has 0 aromatic heterocycles. The molecule has 0 aliphatic rings. The van der Waals surface area contributed by atoms with Crippen molar-refractivity contribution in [1.29, 1.82) is 0 Å². The lowest BCUT2D eigenvalue weighted by atomic mass is 10.0. The van der Waals surface area contributed by atoms with Gasteiger partial charge in [-0.3, -0.25) is 19.2 Å². The van der Waals surface area contributed by atoms with Gasteiger partial charge in [0.2, 0.25) is 17.7 Å². The molecule has 1 aromatic rings. The average molecular weight is 453 g/mol. The Morgan fingerprint density at radius 2 is 1.48 bits per heavy atom. The SMILES string of the molecule is CC(C)CC(NC(=O)C(Cc1ccccc1)NC(=O)C(N)CS)C(=O)NC(C)C(=O)O. The fourth-order valence-corrected chi connectivity index (χ4v) is 2.94. The first-order valence-electron chi connectivity index (χ1n) is 10.1. The van der Waals surface area contributed by atoms with Crippen LogP contribution in [-0.4, -0.2) is 58.7 Å². The predicted molar refractivity (Wildman–Crippen MR) is 121 cm³/mol. The van der Waals surface area contributed by atoms with Crippen molar-refractivity contribution in [2.75, 3.05) is 5.75 Å². The van der Waals surface area contributed by atoms with Crippen molar-refractivity contribution in [2.24, 2.45) is 11.7 Å². The second-order valence-corrected chi connectivity index (χ2v) is 8.16. The number of aliphatic carboxylic acids is 1. The van der Waals surface area contributed by atoms with Crippen LogP contribution in [0.5, 0.6) is 0 Å². The zero-order valence-electron chi connectivity index (χ0n) is 18.0. The van der Waals surface area contributed by atoms with Gasteiger partial charge in [-0.25, -0.2) is 0 Å². The monoisotopic (exact) mass is 452 g/mol. The van der Waals surface area contributed by atoms with E-state index in [1.807, 2.05) is 44.2 Å². The normalized spacial score (nSPS) is 14.8. The van der Waals surface area contributed by atoms with Crippen molar-refractivity contribution in [3.05, 3.63) is 35.9 Å². The van der Waals surface area contributed by atoms with Crippen molar-refractivity contribution >= 4 is 36.3 Å². The Kier molecular flexibility index (Phi) is 11.1. The second kappa shape index (κ2) is 13.0. The maximum Gasteiger partial charge on any atom is 0.325 e. The van der Waals surface area contributed by atoms with Crippen LogP contribution in [0.1, 0.15) is 32.8 Å². The molecule has 10 heteroatoms. The van der Waals surface area contributed by atoms with Gasteiger partial charge in [0.25, 0.3) is 0 Å². The highest BCUT2D eigenvalue weighted by molar-refractivity contribution is 7.80. The molecular weight excluding hydrogens is 420 g/mol. The molecule has 3 amide bonds. The molecule has 0 aliphatic carbocycles. The number of carboxylic acid groups (broad SMARTS) is 1. The second-order valence-electron chi connectivity index (χ2n) is 7.80. The number of carboxylic acids is 1. The van der Waals surface area contributed by atoms with E-state index in [-0.39, 0.29) is 18.1 Å². The van der Waals surface area contributed by atoms with E-state index in [1.165, 1.54) is 6.92 Å². The Labute approximate surface area is 187 Å². The van der Waals surface area contributed by atoms with E-state index < -0.39 is 47.9 Å². The van der Waals surface area contributed by atoms with Gasteiger partial charge in [0.15, 0.2) is 0 Å². The first-order valence-corrected chi connectivity index (χ1v) is 10.7. The zero-order chi connectivity index (χ0) is 23.6. The summed E-state index contributed by atoms with van der Waals surface area (Å²) in [6.45, 7) is 5.09. The van der Waals surface area contributed by atoms with Gasteiger partial charge in [-0.2, -0.15) is 12.6 Å². The van der Waals surface area contributed by atoms with E-state index >= 15 is 0 Å². The first kappa shape index (κ1) is 26.4. The summed E-state index contributed by atoms with van der Waals surface area (Å²) in [5, 5.41) is 16.7. The van der Waals surface area contributed by atoms with Crippen LogP contribution < -0.4 is 21.7 Å². The summed E-state index contributed by atoms with van der Waals surface area (Å²) in [4.78, 5) is 49.0. The molecule has 4 unspecified atom stereocenters. The molecule has 0 aliphatic heterocycles. The molecular formula is C21H32N4O5S. The third-order valence-corrected chi connectivity index (χ3v) is 4.91. The van der Waals surface area contributed by atoms with E-state index in [1.54, 1.807) is 0 Å². The van der Waals surface area contributed by atoms with Gasteiger partial charge in [-0.15, -0.1) is 0 Å². The molecule has 4 atom stereocenters. The molecule has 0 spiro atoms. The van der Waals surface area contributed by atoms with Crippen LogP contribution in [0.25, 0.3) is 0 Å². The Morgan fingerprint density at radius 1 is 0.935 bits per heavy atom. The minimum Gasteiger partial charge on any atom is -0.480 e. The van der Waals surface area contributed by atoms with E-state index in [2.05, 4.69) is 28.6 Å². The molecule has 1 aromatic carbocycles. The summed E-state index contributed by atoms with van der Waals surface area (Å²) in [5.74, 6) is -2.72. The Hall–Kier alpha value is -2.59. The predicted octanol–water partition coefficient (Wildman–Crippen LogP) is 0.0912. The number of benzene rings is 1. The van der Waals surface area contributed by atoms with E-state index in [0.29, 0.717) is 6.42 Å². The number of amides is 3. The van der Waals surface area contributed by atoms with Crippen molar-refractivity contribution < 1.29 is 24.3 Å². The van der Waals surface area contributed by atoms with Gasteiger partial charge in [-0.05, 0) is 24.8 Å². The van der Waals surface area contributed by atoms with Crippen LogP contribution in [-0.2, 0) is 25.6 Å². The lowest BCUT2D eigenvalue weighted by molar-refractivity contribution is -0.141. The fraction of sp³-hybridized carbons (Fsp3) is 0.524.